The van der Waals surface area contributed by atoms with Gasteiger partial charge in [0.05, 0.1) is 25.3 Å². The van der Waals surface area contributed by atoms with E-state index in [0.29, 0.717) is 55.6 Å². The maximum atomic E-state index is 12.4. The largest absolute Gasteiger partial charge is 0.493 e. The lowest BCUT2D eigenvalue weighted by Gasteiger charge is -2.31. The first kappa shape index (κ1) is 20.0. The highest BCUT2D eigenvalue weighted by Crippen LogP contribution is 2.28. The van der Waals surface area contributed by atoms with E-state index in [0.717, 1.165) is 25.7 Å². The number of nitrogens with zero attached hydrogens (tertiary/aromatic N) is 2. The number of carbonyl (C=O) groups excluding carboxylic acids is 2. The van der Waals surface area contributed by atoms with Crippen molar-refractivity contribution in [2.45, 2.75) is 44.6 Å². The van der Waals surface area contributed by atoms with Crippen molar-refractivity contribution in [3.63, 3.8) is 0 Å². The quantitative estimate of drug-likeness (QED) is 0.693. The third kappa shape index (κ3) is 5.38. The Balaban J connectivity index is 1.36. The van der Waals surface area contributed by atoms with Crippen molar-refractivity contribution in [3.05, 3.63) is 23.8 Å². The van der Waals surface area contributed by atoms with Crippen molar-refractivity contribution in [1.29, 1.82) is 5.26 Å². The summed E-state index contributed by atoms with van der Waals surface area (Å²) in [5.74, 6) is 1.38. The van der Waals surface area contributed by atoms with Gasteiger partial charge in [-0.1, -0.05) is 0 Å². The van der Waals surface area contributed by atoms with Gasteiger partial charge in [0.15, 0.2) is 11.5 Å². The zero-order chi connectivity index (χ0) is 19.9. The molecule has 7 heteroatoms. The van der Waals surface area contributed by atoms with Gasteiger partial charge in [0.1, 0.15) is 0 Å². The molecule has 0 radical (unpaired) electrons. The highest BCUT2D eigenvalue weighted by atomic mass is 16.5. The van der Waals surface area contributed by atoms with Crippen LogP contribution in [0.1, 0.15) is 44.1 Å². The van der Waals surface area contributed by atoms with Crippen molar-refractivity contribution in [2.24, 2.45) is 5.92 Å². The summed E-state index contributed by atoms with van der Waals surface area (Å²) in [6.45, 7) is 1.69. The molecule has 2 amide bonds. The van der Waals surface area contributed by atoms with E-state index in [1.807, 2.05) is 4.90 Å². The SMILES string of the molecule is COc1cc(C#N)ccc1OCCCC(=O)N1CCC(C(=O)NC2CC2)CC1. The van der Waals surface area contributed by atoms with E-state index in [1.54, 1.807) is 18.2 Å². The first-order valence-electron chi connectivity index (χ1n) is 9.90. The third-order valence-electron chi connectivity index (χ3n) is 5.23. The fourth-order valence-corrected chi connectivity index (χ4v) is 3.36. The van der Waals surface area contributed by atoms with E-state index in [9.17, 15) is 9.59 Å². The number of hydrogen-bond acceptors (Lipinski definition) is 5. The van der Waals surface area contributed by atoms with Crippen molar-refractivity contribution in [2.75, 3.05) is 26.8 Å². The van der Waals surface area contributed by atoms with Gasteiger partial charge in [-0.05, 0) is 44.2 Å². The minimum Gasteiger partial charge on any atom is -0.493 e. The maximum Gasteiger partial charge on any atom is 0.223 e. The average Bonchev–Trinajstić information content (AvgIpc) is 3.55. The molecule has 28 heavy (non-hydrogen) atoms. The summed E-state index contributed by atoms with van der Waals surface area (Å²) < 4.78 is 10.9. The third-order valence-corrected chi connectivity index (χ3v) is 5.23. The maximum absolute atomic E-state index is 12.4. The summed E-state index contributed by atoms with van der Waals surface area (Å²) in [6.07, 6.45) is 4.69. The summed E-state index contributed by atoms with van der Waals surface area (Å²) in [4.78, 5) is 26.3. The monoisotopic (exact) mass is 385 g/mol. The van der Waals surface area contributed by atoms with Crippen LogP contribution in [0.25, 0.3) is 0 Å². The number of benzene rings is 1. The first-order chi connectivity index (χ1) is 13.6. The number of methoxy groups -OCH3 is 1. The van der Waals surface area contributed by atoms with Crippen LogP contribution in [0.2, 0.25) is 0 Å². The molecule has 3 rings (SSSR count). The molecule has 1 saturated carbocycles. The molecule has 2 aliphatic rings. The summed E-state index contributed by atoms with van der Waals surface area (Å²) >= 11 is 0. The van der Waals surface area contributed by atoms with Gasteiger partial charge in [-0.25, -0.2) is 0 Å². The summed E-state index contributed by atoms with van der Waals surface area (Å²) in [6, 6.07) is 7.46. The Morgan fingerprint density at radius 2 is 1.96 bits per heavy atom. The normalized spacial score (nSPS) is 16.9. The number of amides is 2. The number of piperidine rings is 1. The number of carbonyl (C=O) groups is 2. The van der Waals surface area contributed by atoms with Gasteiger partial charge in [-0.3, -0.25) is 9.59 Å². The van der Waals surface area contributed by atoms with E-state index in [2.05, 4.69) is 11.4 Å². The van der Waals surface area contributed by atoms with Crippen LogP contribution in [0.4, 0.5) is 0 Å². The standard InChI is InChI=1S/C21H27N3O4/c1-27-19-13-15(14-22)4-7-18(19)28-12-2-3-20(25)24-10-8-16(9-11-24)21(26)23-17-5-6-17/h4,7,13,16-17H,2-3,5-6,8-12H2,1H3,(H,23,26). The molecule has 7 nitrogen and oxygen atoms in total. The Hall–Kier alpha value is -2.75. The van der Waals surface area contributed by atoms with Crippen LogP contribution in [0.5, 0.6) is 11.5 Å². The molecule has 1 saturated heterocycles. The predicted molar refractivity (Wildman–Crippen MR) is 103 cm³/mol. The van der Waals surface area contributed by atoms with E-state index < -0.39 is 0 Å². The summed E-state index contributed by atoms with van der Waals surface area (Å²) in [5, 5.41) is 12.0. The molecule has 150 valence electrons. The van der Waals surface area contributed by atoms with E-state index >= 15 is 0 Å². The Morgan fingerprint density at radius 1 is 1.21 bits per heavy atom. The molecular weight excluding hydrogens is 358 g/mol. The van der Waals surface area contributed by atoms with E-state index in [4.69, 9.17) is 14.7 Å². The Kier molecular flexibility index (Phi) is 6.75. The van der Waals surface area contributed by atoms with Gasteiger partial charge in [0.25, 0.3) is 0 Å². The lowest BCUT2D eigenvalue weighted by molar-refractivity contribution is -0.135. The number of rotatable bonds is 8. The van der Waals surface area contributed by atoms with Crippen LogP contribution >= 0.6 is 0 Å². The van der Waals surface area contributed by atoms with Crippen LogP contribution < -0.4 is 14.8 Å². The summed E-state index contributed by atoms with van der Waals surface area (Å²) in [7, 11) is 1.53. The van der Waals surface area contributed by atoms with Crippen molar-refractivity contribution < 1.29 is 19.1 Å². The molecule has 2 fully saturated rings. The minimum absolute atomic E-state index is 0.0387. The molecule has 1 aromatic rings. The number of nitriles is 1. The molecule has 1 aliphatic heterocycles. The molecule has 1 aromatic carbocycles. The van der Waals surface area contributed by atoms with Crippen LogP contribution in [0.3, 0.4) is 0 Å². The highest BCUT2D eigenvalue weighted by Gasteiger charge is 2.30. The van der Waals surface area contributed by atoms with Gasteiger partial charge in [0.2, 0.25) is 11.8 Å². The molecular formula is C21H27N3O4. The second-order valence-electron chi connectivity index (χ2n) is 7.37. The Bertz CT molecular complexity index is 747. The lowest BCUT2D eigenvalue weighted by Crippen LogP contribution is -2.43. The second kappa shape index (κ2) is 9.45. The molecule has 1 aliphatic carbocycles. The van der Waals surface area contributed by atoms with Gasteiger partial charge >= 0.3 is 0 Å². The molecule has 0 bridgehead atoms. The van der Waals surface area contributed by atoms with Crippen LogP contribution in [-0.2, 0) is 9.59 Å². The zero-order valence-corrected chi connectivity index (χ0v) is 16.3. The lowest BCUT2D eigenvalue weighted by atomic mass is 9.95. The van der Waals surface area contributed by atoms with Gasteiger partial charge in [0, 0.05) is 37.5 Å². The number of hydrogen-bond donors (Lipinski definition) is 1. The van der Waals surface area contributed by atoms with Crippen LogP contribution in [0.15, 0.2) is 18.2 Å². The average molecular weight is 385 g/mol. The second-order valence-corrected chi connectivity index (χ2v) is 7.37. The fourth-order valence-electron chi connectivity index (χ4n) is 3.36. The van der Waals surface area contributed by atoms with Crippen LogP contribution in [-0.4, -0.2) is 49.6 Å². The molecule has 0 unspecified atom stereocenters. The fraction of sp³-hybridized carbons (Fsp3) is 0.571. The molecule has 1 heterocycles. The predicted octanol–water partition coefficient (Wildman–Crippen LogP) is 2.24. The molecule has 0 atom stereocenters. The molecule has 0 aromatic heterocycles. The Morgan fingerprint density at radius 3 is 2.61 bits per heavy atom. The highest BCUT2D eigenvalue weighted by molar-refractivity contribution is 5.80. The zero-order valence-electron chi connectivity index (χ0n) is 16.3. The molecule has 0 spiro atoms. The summed E-state index contributed by atoms with van der Waals surface area (Å²) in [5.41, 5.74) is 0.508. The number of ether oxygens (including phenoxy) is 2. The topological polar surface area (TPSA) is 91.7 Å². The van der Waals surface area contributed by atoms with Crippen LogP contribution in [0, 0.1) is 17.2 Å². The molecule has 1 N–H and O–H groups in total. The van der Waals surface area contributed by atoms with Crippen molar-refractivity contribution in [3.8, 4) is 17.6 Å². The van der Waals surface area contributed by atoms with E-state index in [1.165, 1.54) is 7.11 Å². The van der Waals surface area contributed by atoms with Gasteiger partial charge in [-0.15, -0.1) is 0 Å². The van der Waals surface area contributed by atoms with Crippen molar-refractivity contribution >= 4 is 11.8 Å². The van der Waals surface area contributed by atoms with Gasteiger partial charge < -0.3 is 19.7 Å². The smallest absolute Gasteiger partial charge is 0.223 e. The minimum atomic E-state index is 0.0387. The van der Waals surface area contributed by atoms with E-state index in [-0.39, 0.29) is 17.7 Å². The number of nitrogens with one attached hydrogen (secondary N) is 1. The van der Waals surface area contributed by atoms with Crippen molar-refractivity contribution in [1.82, 2.24) is 10.2 Å². The number of likely N-dealkylation sites (tertiary alicyclic amines) is 1. The Labute approximate surface area is 165 Å². The first-order valence-corrected chi connectivity index (χ1v) is 9.90. The van der Waals surface area contributed by atoms with Gasteiger partial charge in [-0.2, -0.15) is 5.26 Å².